The third kappa shape index (κ3) is 3.06. The van der Waals surface area contributed by atoms with Crippen molar-refractivity contribution in [1.82, 2.24) is 9.29 Å². The quantitative estimate of drug-likeness (QED) is 0.866. The summed E-state index contributed by atoms with van der Waals surface area (Å²) < 4.78 is 27.0. The van der Waals surface area contributed by atoms with E-state index in [1.807, 2.05) is 13.8 Å². The highest BCUT2D eigenvalue weighted by atomic mass is 32.2. The first-order valence-electron chi connectivity index (χ1n) is 6.61. The smallest absolute Gasteiger partial charge is 0.262 e. The van der Waals surface area contributed by atoms with Crippen LogP contribution in [0.5, 0.6) is 0 Å². The van der Waals surface area contributed by atoms with E-state index in [4.69, 9.17) is 0 Å². The number of rotatable bonds is 6. The van der Waals surface area contributed by atoms with Gasteiger partial charge < -0.3 is 5.32 Å². The van der Waals surface area contributed by atoms with Crippen molar-refractivity contribution in [2.24, 2.45) is 5.92 Å². The number of sulfonamides is 1. The number of nitrogens with zero attached hydrogens (tertiary/aromatic N) is 2. The highest BCUT2D eigenvalue weighted by Crippen LogP contribution is 2.33. The monoisotopic (exact) mass is 283 g/mol. The molecule has 0 aromatic carbocycles. The van der Waals surface area contributed by atoms with E-state index in [9.17, 15) is 8.42 Å². The molecule has 106 valence electrons. The lowest BCUT2D eigenvalue weighted by Crippen LogP contribution is -2.39. The summed E-state index contributed by atoms with van der Waals surface area (Å²) in [6.07, 6.45) is 3.77. The van der Waals surface area contributed by atoms with E-state index in [0.29, 0.717) is 18.2 Å². The second-order valence-electron chi connectivity index (χ2n) is 5.22. The molecule has 6 heteroatoms. The van der Waals surface area contributed by atoms with Gasteiger partial charge in [0.1, 0.15) is 0 Å². The van der Waals surface area contributed by atoms with Crippen molar-refractivity contribution in [2.75, 3.05) is 18.9 Å². The molecule has 2 rings (SSSR count). The van der Waals surface area contributed by atoms with Crippen LogP contribution >= 0.6 is 0 Å². The predicted octanol–water partition coefficient (Wildman–Crippen LogP) is 1.93. The van der Waals surface area contributed by atoms with Gasteiger partial charge in [0.05, 0.1) is 5.69 Å². The van der Waals surface area contributed by atoms with Gasteiger partial charge >= 0.3 is 0 Å². The normalized spacial score (nSPS) is 16.1. The van der Waals surface area contributed by atoms with Crippen LogP contribution in [-0.2, 0) is 10.0 Å². The minimum atomic E-state index is -3.54. The van der Waals surface area contributed by atoms with Gasteiger partial charge in [-0.2, -0.15) is 4.31 Å². The van der Waals surface area contributed by atoms with Crippen molar-refractivity contribution >= 4 is 15.7 Å². The lowest BCUT2D eigenvalue weighted by atomic mass is 10.3. The zero-order chi connectivity index (χ0) is 14.0. The zero-order valence-electron chi connectivity index (χ0n) is 11.6. The molecular weight excluding hydrogens is 262 g/mol. The third-order valence-electron chi connectivity index (χ3n) is 3.30. The van der Waals surface area contributed by atoms with Gasteiger partial charge in [-0.05, 0) is 44.7 Å². The maximum absolute atomic E-state index is 12.7. The molecule has 1 aromatic heterocycles. The number of anilines is 1. The second-order valence-corrected chi connectivity index (χ2v) is 7.02. The summed E-state index contributed by atoms with van der Waals surface area (Å²) in [7, 11) is -1.83. The van der Waals surface area contributed by atoms with E-state index in [-0.39, 0.29) is 11.1 Å². The minimum absolute atomic E-state index is 0.0580. The van der Waals surface area contributed by atoms with Crippen LogP contribution in [0.2, 0.25) is 0 Å². The molecule has 5 nitrogen and oxygen atoms in total. The van der Waals surface area contributed by atoms with Gasteiger partial charge in [-0.15, -0.1) is 0 Å². The Balaban J connectivity index is 2.37. The van der Waals surface area contributed by atoms with Crippen molar-refractivity contribution in [3.05, 3.63) is 18.3 Å². The van der Waals surface area contributed by atoms with Crippen LogP contribution in [0.4, 0.5) is 5.69 Å². The summed E-state index contributed by atoms with van der Waals surface area (Å²) in [5.74, 6) is 0.513. The van der Waals surface area contributed by atoms with Crippen LogP contribution in [0.3, 0.4) is 0 Å². The van der Waals surface area contributed by atoms with Crippen LogP contribution in [-0.4, -0.2) is 37.3 Å². The van der Waals surface area contributed by atoms with Gasteiger partial charge in [-0.1, -0.05) is 0 Å². The largest absolute Gasteiger partial charge is 0.386 e. The fourth-order valence-electron chi connectivity index (χ4n) is 2.04. The Morgan fingerprint density at radius 1 is 1.47 bits per heavy atom. The highest BCUT2D eigenvalue weighted by Gasteiger charge is 2.35. The van der Waals surface area contributed by atoms with E-state index in [1.165, 1.54) is 6.20 Å². The van der Waals surface area contributed by atoms with Crippen molar-refractivity contribution in [3.8, 4) is 0 Å². The van der Waals surface area contributed by atoms with Crippen LogP contribution in [0.25, 0.3) is 0 Å². The van der Waals surface area contributed by atoms with Crippen molar-refractivity contribution in [3.63, 3.8) is 0 Å². The first-order chi connectivity index (χ1) is 8.96. The number of hydrogen-bond donors (Lipinski definition) is 1. The van der Waals surface area contributed by atoms with Crippen molar-refractivity contribution < 1.29 is 8.42 Å². The molecule has 0 amide bonds. The summed E-state index contributed by atoms with van der Waals surface area (Å²) in [5.41, 5.74) is 0.545. The summed E-state index contributed by atoms with van der Waals surface area (Å²) in [4.78, 5) is 4.06. The molecular formula is C13H21N3O2S. The Kier molecular flexibility index (Phi) is 4.10. The standard InChI is InChI=1S/C13H21N3O2S/c1-10(2)16(9-11-6-7-11)19(17,18)13-12(14-3)5-4-8-15-13/h4-5,8,10-11,14H,6-7,9H2,1-3H3. The molecule has 1 heterocycles. The van der Waals surface area contributed by atoms with Gasteiger partial charge in [0.25, 0.3) is 10.0 Å². The number of pyridine rings is 1. The number of aromatic nitrogens is 1. The molecule has 1 saturated carbocycles. The molecule has 0 radical (unpaired) electrons. The van der Waals surface area contributed by atoms with E-state index in [0.717, 1.165) is 12.8 Å². The van der Waals surface area contributed by atoms with Crippen LogP contribution < -0.4 is 5.32 Å². The molecule has 1 aliphatic carbocycles. The molecule has 0 aliphatic heterocycles. The summed E-state index contributed by atoms with van der Waals surface area (Å²) in [6.45, 7) is 4.41. The SMILES string of the molecule is CNc1cccnc1S(=O)(=O)N(CC1CC1)C(C)C. The van der Waals surface area contributed by atoms with Gasteiger partial charge in [-0.25, -0.2) is 13.4 Å². The van der Waals surface area contributed by atoms with Crippen molar-refractivity contribution in [1.29, 1.82) is 0 Å². The van der Waals surface area contributed by atoms with E-state index in [2.05, 4.69) is 10.3 Å². The molecule has 0 atom stereocenters. The van der Waals surface area contributed by atoms with Gasteiger partial charge in [0.15, 0.2) is 5.03 Å². The third-order valence-corrected chi connectivity index (χ3v) is 5.31. The van der Waals surface area contributed by atoms with Gasteiger partial charge in [0, 0.05) is 25.8 Å². The molecule has 1 aromatic rings. The highest BCUT2D eigenvalue weighted by molar-refractivity contribution is 7.89. The van der Waals surface area contributed by atoms with Gasteiger partial charge in [0.2, 0.25) is 0 Å². The maximum atomic E-state index is 12.7. The van der Waals surface area contributed by atoms with Crippen LogP contribution in [0, 0.1) is 5.92 Å². The van der Waals surface area contributed by atoms with E-state index in [1.54, 1.807) is 23.5 Å². The predicted molar refractivity (Wildman–Crippen MR) is 75.5 cm³/mol. The molecule has 1 fully saturated rings. The molecule has 19 heavy (non-hydrogen) atoms. The Bertz CT molecular complexity index is 539. The topological polar surface area (TPSA) is 62.3 Å². The summed E-state index contributed by atoms with van der Waals surface area (Å²) >= 11 is 0. The summed E-state index contributed by atoms with van der Waals surface area (Å²) in [6, 6.07) is 3.40. The Hall–Kier alpha value is -1.14. The molecule has 0 spiro atoms. The number of nitrogens with one attached hydrogen (secondary N) is 1. The Morgan fingerprint density at radius 3 is 2.68 bits per heavy atom. The fraction of sp³-hybridized carbons (Fsp3) is 0.615. The fourth-order valence-corrected chi connectivity index (χ4v) is 3.87. The molecule has 1 N–H and O–H groups in total. The first-order valence-corrected chi connectivity index (χ1v) is 8.05. The average Bonchev–Trinajstić information content (AvgIpc) is 3.19. The number of hydrogen-bond acceptors (Lipinski definition) is 4. The molecule has 0 saturated heterocycles. The second kappa shape index (κ2) is 5.46. The maximum Gasteiger partial charge on any atom is 0.262 e. The molecule has 0 unspecified atom stereocenters. The first kappa shape index (κ1) is 14.3. The van der Waals surface area contributed by atoms with Crippen molar-refractivity contribution in [2.45, 2.75) is 37.8 Å². The Morgan fingerprint density at radius 2 is 2.16 bits per heavy atom. The van der Waals surface area contributed by atoms with E-state index >= 15 is 0 Å². The zero-order valence-corrected chi connectivity index (χ0v) is 12.4. The summed E-state index contributed by atoms with van der Waals surface area (Å²) in [5, 5.41) is 3.01. The molecule has 0 bridgehead atoms. The minimum Gasteiger partial charge on any atom is -0.386 e. The lowest BCUT2D eigenvalue weighted by Gasteiger charge is -2.26. The van der Waals surface area contributed by atoms with Gasteiger partial charge in [-0.3, -0.25) is 0 Å². The van der Waals surface area contributed by atoms with E-state index < -0.39 is 10.0 Å². The van der Waals surface area contributed by atoms with Crippen LogP contribution in [0.1, 0.15) is 26.7 Å². The molecule has 1 aliphatic rings. The lowest BCUT2D eigenvalue weighted by molar-refractivity contribution is 0.340. The average molecular weight is 283 g/mol. The Labute approximate surface area is 115 Å². The van der Waals surface area contributed by atoms with Crippen LogP contribution in [0.15, 0.2) is 23.4 Å².